The summed E-state index contributed by atoms with van der Waals surface area (Å²) in [7, 11) is 0. The first-order valence-corrected chi connectivity index (χ1v) is 5.38. The number of rotatable bonds is 1. The summed E-state index contributed by atoms with van der Waals surface area (Å²) in [6.45, 7) is -0.0650. The maximum atomic E-state index is 12.3. The minimum absolute atomic E-state index is 0.0264. The summed E-state index contributed by atoms with van der Waals surface area (Å²) in [4.78, 5) is 22.7. The summed E-state index contributed by atoms with van der Waals surface area (Å²) in [5, 5.41) is 8.92. The number of halogens is 3. The molecular formula is C10H12F3NO3. The number of aliphatic carboxylic acids is 1. The molecule has 2 fully saturated rings. The number of likely N-dealkylation sites (tertiary alicyclic amines) is 1. The van der Waals surface area contributed by atoms with Crippen LogP contribution < -0.4 is 0 Å². The van der Waals surface area contributed by atoms with E-state index in [9.17, 15) is 22.8 Å². The van der Waals surface area contributed by atoms with Crippen molar-refractivity contribution in [2.24, 2.45) is 17.8 Å². The Kier molecular flexibility index (Phi) is 2.79. The quantitative estimate of drug-likeness (QED) is 0.759. The van der Waals surface area contributed by atoms with Crippen LogP contribution in [0.2, 0.25) is 0 Å². The SMILES string of the molecule is O=C(O)C1CC2CC1CN(C(=O)C(F)(F)F)C2. The smallest absolute Gasteiger partial charge is 0.471 e. The first kappa shape index (κ1) is 12.2. The Morgan fingerprint density at radius 3 is 2.35 bits per heavy atom. The van der Waals surface area contributed by atoms with Crippen molar-refractivity contribution in [2.45, 2.75) is 19.0 Å². The number of carbonyl (C=O) groups is 2. The van der Waals surface area contributed by atoms with Gasteiger partial charge in [0.15, 0.2) is 0 Å². The van der Waals surface area contributed by atoms with Crippen molar-refractivity contribution in [1.29, 1.82) is 0 Å². The fourth-order valence-corrected chi connectivity index (χ4v) is 2.91. The minimum atomic E-state index is -4.87. The second-order valence-corrected chi connectivity index (χ2v) is 4.75. The molecule has 3 atom stereocenters. The van der Waals surface area contributed by atoms with E-state index in [4.69, 9.17) is 5.11 Å². The van der Waals surface area contributed by atoms with Crippen molar-refractivity contribution >= 4 is 11.9 Å². The monoisotopic (exact) mass is 251 g/mol. The minimum Gasteiger partial charge on any atom is -0.481 e. The summed E-state index contributed by atoms with van der Waals surface area (Å²) < 4.78 is 36.8. The van der Waals surface area contributed by atoms with Crippen LogP contribution in [-0.2, 0) is 9.59 Å². The van der Waals surface area contributed by atoms with E-state index in [1.165, 1.54) is 0 Å². The Labute approximate surface area is 95.4 Å². The van der Waals surface area contributed by atoms with Crippen LogP contribution in [0.5, 0.6) is 0 Å². The second kappa shape index (κ2) is 3.89. The fraction of sp³-hybridized carbons (Fsp3) is 0.800. The van der Waals surface area contributed by atoms with Gasteiger partial charge in [0.2, 0.25) is 0 Å². The van der Waals surface area contributed by atoms with Crippen LogP contribution >= 0.6 is 0 Å². The molecule has 2 bridgehead atoms. The lowest BCUT2D eigenvalue weighted by molar-refractivity contribution is -0.187. The average molecular weight is 251 g/mol. The zero-order chi connectivity index (χ0) is 12.8. The van der Waals surface area contributed by atoms with Gasteiger partial charge in [0.05, 0.1) is 5.92 Å². The predicted molar refractivity (Wildman–Crippen MR) is 50.0 cm³/mol. The largest absolute Gasteiger partial charge is 0.481 e. The third-order valence-electron chi connectivity index (χ3n) is 3.57. The summed E-state index contributed by atoms with van der Waals surface area (Å²) in [5.41, 5.74) is 0. The molecule has 2 aliphatic rings. The van der Waals surface area contributed by atoms with E-state index in [-0.39, 0.29) is 24.9 Å². The van der Waals surface area contributed by atoms with Crippen LogP contribution in [0.3, 0.4) is 0 Å². The molecule has 1 amide bonds. The fourth-order valence-electron chi connectivity index (χ4n) is 2.91. The van der Waals surface area contributed by atoms with Gasteiger partial charge in [0.25, 0.3) is 0 Å². The third kappa shape index (κ3) is 2.23. The number of hydrogen-bond acceptors (Lipinski definition) is 2. The molecule has 0 aromatic rings. The van der Waals surface area contributed by atoms with E-state index in [0.29, 0.717) is 12.8 Å². The van der Waals surface area contributed by atoms with Gasteiger partial charge in [-0.2, -0.15) is 13.2 Å². The standard InChI is InChI=1S/C10H12F3NO3/c11-10(12,13)9(17)14-3-5-1-6(4-14)7(2-5)8(15)16/h5-7H,1-4H2,(H,15,16). The molecular weight excluding hydrogens is 239 g/mol. The molecule has 4 nitrogen and oxygen atoms in total. The Morgan fingerprint density at radius 1 is 1.18 bits per heavy atom. The van der Waals surface area contributed by atoms with Gasteiger partial charge in [-0.3, -0.25) is 9.59 Å². The van der Waals surface area contributed by atoms with E-state index >= 15 is 0 Å². The number of carboxylic acid groups (broad SMARTS) is 1. The third-order valence-corrected chi connectivity index (χ3v) is 3.57. The van der Waals surface area contributed by atoms with Gasteiger partial charge in [-0.1, -0.05) is 0 Å². The van der Waals surface area contributed by atoms with E-state index in [2.05, 4.69) is 0 Å². The first-order valence-electron chi connectivity index (χ1n) is 5.38. The van der Waals surface area contributed by atoms with Crippen LogP contribution in [0.1, 0.15) is 12.8 Å². The van der Waals surface area contributed by atoms with Crippen molar-refractivity contribution in [3.63, 3.8) is 0 Å². The molecule has 7 heteroatoms. The van der Waals surface area contributed by atoms with Gasteiger partial charge in [-0.25, -0.2) is 0 Å². The van der Waals surface area contributed by atoms with E-state index < -0.39 is 24.0 Å². The van der Waals surface area contributed by atoms with Crippen LogP contribution in [0.25, 0.3) is 0 Å². The number of amides is 1. The van der Waals surface area contributed by atoms with E-state index in [1.807, 2.05) is 0 Å². The Morgan fingerprint density at radius 2 is 1.82 bits per heavy atom. The molecule has 1 saturated heterocycles. The van der Waals surface area contributed by atoms with E-state index in [0.717, 1.165) is 4.90 Å². The highest BCUT2D eigenvalue weighted by Crippen LogP contribution is 2.42. The van der Waals surface area contributed by atoms with Crippen LogP contribution in [-0.4, -0.2) is 41.1 Å². The number of carboxylic acids is 1. The zero-order valence-corrected chi connectivity index (χ0v) is 8.91. The van der Waals surface area contributed by atoms with E-state index in [1.54, 1.807) is 0 Å². The maximum Gasteiger partial charge on any atom is 0.471 e. The Bertz CT molecular complexity index is 355. The van der Waals surface area contributed by atoms with Crippen LogP contribution in [0.15, 0.2) is 0 Å². The lowest BCUT2D eigenvalue weighted by Gasteiger charge is -2.32. The lowest BCUT2D eigenvalue weighted by atomic mass is 9.94. The van der Waals surface area contributed by atoms with Gasteiger partial charge in [-0.15, -0.1) is 0 Å². The molecule has 3 unspecified atom stereocenters. The highest BCUT2D eigenvalue weighted by atomic mass is 19.4. The lowest BCUT2D eigenvalue weighted by Crippen LogP contribution is -2.47. The van der Waals surface area contributed by atoms with Gasteiger partial charge < -0.3 is 10.0 Å². The summed E-state index contributed by atoms with van der Waals surface area (Å²) in [6, 6.07) is 0. The molecule has 0 aromatic heterocycles. The molecule has 96 valence electrons. The number of fused-ring (bicyclic) bond motifs is 2. The van der Waals surface area contributed by atoms with Crippen molar-refractivity contribution in [1.82, 2.24) is 4.90 Å². The van der Waals surface area contributed by atoms with Gasteiger partial charge in [0.1, 0.15) is 0 Å². The van der Waals surface area contributed by atoms with Crippen LogP contribution in [0, 0.1) is 17.8 Å². The topological polar surface area (TPSA) is 57.6 Å². The molecule has 1 heterocycles. The number of carbonyl (C=O) groups excluding carboxylic acids is 1. The molecule has 1 saturated carbocycles. The van der Waals surface area contributed by atoms with Gasteiger partial charge in [-0.05, 0) is 24.7 Å². The number of piperidine rings is 1. The highest BCUT2D eigenvalue weighted by Gasteiger charge is 2.49. The molecule has 17 heavy (non-hydrogen) atoms. The Balaban J connectivity index is 2.08. The molecule has 1 N–H and O–H groups in total. The first-order chi connectivity index (χ1) is 7.79. The average Bonchev–Trinajstić information content (AvgIpc) is 2.51. The molecule has 1 aliphatic heterocycles. The normalized spacial score (nSPS) is 32.6. The second-order valence-electron chi connectivity index (χ2n) is 4.75. The van der Waals surface area contributed by atoms with Crippen molar-refractivity contribution < 1.29 is 27.9 Å². The van der Waals surface area contributed by atoms with Crippen molar-refractivity contribution in [3.8, 4) is 0 Å². The maximum absolute atomic E-state index is 12.3. The Hall–Kier alpha value is -1.27. The number of hydrogen-bond donors (Lipinski definition) is 1. The highest BCUT2D eigenvalue weighted by molar-refractivity contribution is 5.82. The van der Waals surface area contributed by atoms with Gasteiger partial charge in [0, 0.05) is 13.1 Å². The number of alkyl halides is 3. The summed E-state index contributed by atoms with van der Waals surface area (Å²) in [5.74, 6) is -3.87. The molecule has 2 rings (SSSR count). The summed E-state index contributed by atoms with van der Waals surface area (Å²) >= 11 is 0. The molecule has 0 radical (unpaired) electrons. The summed E-state index contributed by atoms with van der Waals surface area (Å²) in [6.07, 6.45) is -3.88. The molecule has 0 spiro atoms. The van der Waals surface area contributed by atoms with Gasteiger partial charge >= 0.3 is 18.1 Å². The number of nitrogens with zero attached hydrogens (tertiary/aromatic N) is 1. The van der Waals surface area contributed by atoms with Crippen LogP contribution in [0.4, 0.5) is 13.2 Å². The predicted octanol–water partition coefficient (Wildman–Crippen LogP) is 1.12. The van der Waals surface area contributed by atoms with Crippen molar-refractivity contribution in [3.05, 3.63) is 0 Å². The molecule has 1 aliphatic carbocycles. The zero-order valence-electron chi connectivity index (χ0n) is 8.91. The van der Waals surface area contributed by atoms with Crippen molar-refractivity contribution in [2.75, 3.05) is 13.1 Å². The molecule has 0 aromatic carbocycles.